The molecule has 0 aliphatic carbocycles. The van der Waals surface area contributed by atoms with Crippen molar-refractivity contribution in [1.29, 1.82) is 0 Å². The van der Waals surface area contributed by atoms with E-state index in [1.165, 1.54) is 4.68 Å². The smallest absolute Gasteiger partial charge is 0.358 e. The van der Waals surface area contributed by atoms with Crippen molar-refractivity contribution in [2.75, 3.05) is 0 Å². The molecule has 0 fully saturated rings. The average molecular weight is 252 g/mol. The first kappa shape index (κ1) is 11.6. The van der Waals surface area contributed by atoms with Crippen LogP contribution >= 0.6 is 11.6 Å². The third-order valence-corrected chi connectivity index (χ3v) is 2.91. The van der Waals surface area contributed by atoms with E-state index in [4.69, 9.17) is 16.7 Å². The van der Waals surface area contributed by atoms with Crippen molar-refractivity contribution in [2.24, 2.45) is 0 Å². The number of halogens is 1. The highest BCUT2D eigenvalue weighted by Crippen LogP contribution is 2.19. The predicted molar refractivity (Wildman–Crippen MR) is 62.8 cm³/mol. The molecule has 0 unspecified atom stereocenters. The summed E-state index contributed by atoms with van der Waals surface area (Å²) in [5, 5.41) is 17.0. The Morgan fingerprint density at radius 1 is 1.41 bits per heavy atom. The van der Waals surface area contributed by atoms with Crippen molar-refractivity contribution in [2.45, 2.75) is 13.8 Å². The van der Waals surface area contributed by atoms with Crippen molar-refractivity contribution in [3.63, 3.8) is 0 Å². The van der Waals surface area contributed by atoms with Crippen LogP contribution in [-0.4, -0.2) is 26.1 Å². The van der Waals surface area contributed by atoms with Gasteiger partial charge in [0, 0.05) is 5.02 Å². The van der Waals surface area contributed by atoms with Crippen LogP contribution in [0.1, 0.15) is 21.7 Å². The number of rotatable bonds is 2. The zero-order valence-corrected chi connectivity index (χ0v) is 10.1. The summed E-state index contributed by atoms with van der Waals surface area (Å²) in [6, 6.07) is 5.34. The van der Waals surface area contributed by atoms with Crippen molar-refractivity contribution in [1.82, 2.24) is 15.0 Å². The molecule has 1 N–H and O–H groups in total. The fraction of sp³-hybridized carbons (Fsp3) is 0.182. The summed E-state index contributed by atoms with van der Waals surface area (Å²) in [6.45, 7) is 3.53. The molecule has 0 spiro atoms. The lowest BCUT2D eigenvalue weighted by Gasteiger charge is -2.05. The topological polar surface area (TPSA) is 68.0 Å². The number of hydrogen-bond acceptors (Lipinski definition) is 3. The molecule has 6 heteroatoms. The Kier molecular flexibility index (Phi) is 2.85. The van der Waals surface area contributed by atoms with E-state index >= 15 is 0 Å². The number of aryl methyl sites for hydroxylation is 1. The first-order valence-electron chi connectivity index (χ1n) is 4.93. The van der Waals surface area contributed by atoms with Gasteiger partial charge in [-0.15, -0.1) is 5.10 Å². The maximum Gasteiger partial charge on any atom is 0.358 e. The maximum atomic E-state index is 10.9. The summed E-state index contributed by atoms with van der Waals surface area (Å²) in [6.07, 6.45) is 0. The molecule has 88 valence electrons. The molecule has 1 aromatic carbocycles. The van der Waals surface area contributed by atoms with Gasteiger partial charge in [-0.2, -0.15) is 0 Å². The zero-order valence-electron chi connectivity index (χ0n) is 9.31. The summed E-state index contributed by atoms with van der Waals surface area (Å²) in [4.78, 5) is 10.9. The molecule has 1 aromatic heterocycles. The van der Waals surface area contributed by atoms with Crippen LogP contribution in [0.15, 0.2) is 18.2 Å². The Labute approximate surface area is 103 Å². The number of carboxylic acid groups (broad SMARTS) is 1. The lowest BCUT2D eigenvalue weighted by molar-refractivity contribution is 0.0689. The van der Waals surface area contributed by atoms with Crippen molar-refractivity contribution < 1.29 is 9.90 Å². The number of carbonyl (C=O) groups is 1. The predicted octanol–water partition coefficient (Wildman–Crippen LogP) is 2.24. The van der Waals surface area contributed by atoms with Crippen LogP contribution in [0.2, 0.25) is 5.02 Å². The largest absolute Gasteiger partial charge is 0.476 e. The van der Waals surface area contributed by atoms with E-state index in [0.29, 0.717) is 10.7 Å². The van der Waals surface area contributed by atoms with Crippen molar-refractivity contribution >= 4 is 17.6 Å². The normalized spacial score (nSPS) is 10.5. The van der Waals surface area contributed by atoms with Gasteiger partial charge in [0.05, 0.1) is 11.4 Å². The van der Waals surface area contributed by atoms with Crippen LogP contribution < -0.4 is 0 Å². The van der Waals surface area contributed by atoms with Gasteiger partial charge in [-0.05, 0) is 37.6 Å². The maximum absolute atomic E-state index is 10.9. The van der Waals surface area contributed by atoms with E-state index < -0.39 is 5.97 Å². The van der Waals surface area contributed by atoms with Gasteiger partial charge in [0.25, 0.3) is 0 Å². The standard InChI is InChI=1S/C11H10ClN3O2/c1-6-5-8(3-4-9(6)12)15-7(2)10(11(16)17)13-14-15/h3-5H,1-2H3,(H,16,17). The molecule has 0 radical (unpaired) electrons. The Hall–Kier alpha value is -1.88. The summed E-state index contributed by atoms with van der Waals surface area (Å²) in [5.74, 6) is -1.08. The van der Waals surface area contributed by atoms with E-state index in [1.807, 2.05) is 13.0 Å². The molecular weight excluding hydrogens is 242 g/mol. The molecule has 0 aliphatic rings. The monoisotopic (exact) mass is 251 g/mol. The second-order valence-electron chi connectivity index (χ2n) is 3.67. The highest BCUT2D eigenvalue weighted by atomic mass is 35.5. The lowest BCUT2D eigenvalue weighted by Crippen LogP contribution is -2.02. The molecule has 2 aromatic rings. The van der Waals surface area contributed by atoms with Gasteiger partial charge in [-0.1, -0.05) is 16.8 Å². The Bertz CT molecular complexity index is 592. The molecular formula is C11H10ClN3O2. The minimum absolute atomic E-state index is 0.0439. The number of carboxylic acids is 1. The Balaban J connectivity index is 2.53. The molecule has 0 atom stereocenters. The first-order chi connectivity index (χ1) is 8.00. The molecule has 0 amide bonds. The molecule has 0 bridgehead atoms. The second-order valence-corrected chi connectivity index (χ2v) is 4.08. The van der Waals surface area contributed by atoms with Gasteiger partial charge in [0.15, 0.2) is 5.69 Å². The van der Waals surface area contributed by atoms with E-state index in [2.05, 4.69) is 10.3 Å². The number of aromatic carboxylic acids is 1. The Morgan fingerprint density at radius 3 is 2.65 bits per heavy atom. The fourth-order valence-corrected chi connectivity index (χ4v) is 1.65. The van der Waals surface area contributed by atoms with Crippen LogP contribution in [0.3, 0.4) is 0 Å². The third-order valence-electron chi connectivity index (χ3n) is 2.48. The van der Waals surface area contributed by atoms with Gasteiger partial charge < -0.3 is 5.11 Å². The molecule has 1 heterocycles. The number of hydrogen-bond donors (Lipinski definition) is 1. The average Bonchev–Trinajstić information content (AvgIpc) is 2.64. The van der Waals surface area contributed by atoms with Gasteiger partial charge in [0.1, 0.15) is 0 Å². The summed E-state index contributed by atoms with van der Waals surface area (Å²) in [5.41, 5.74) is 2.08. The second kappa shape index (κ2) is 4.18. The molecule has 0 aliphatic heterocycles. The molecule has 2 rings (SSSR count). The minimum atomic E-state index is -1.08. The first-order valence-corrected chi connectivity index (χ1v) is 5.30. The van der Waals surface area contributed by atoms with Crippen LogP contribution in [0, 0.1) is 13.8 Å². The Morgan fingerprint density at radius 2 is 2.12 bits per heavy atom. The third kappa shape index (κ3) is 2.01. The molecule has 5 nitrogen and oxygen atoms in total. The summed E-state index contributed by atoms with van der Waals surface area (Å²) in [7, 11) is 0. The van der Waals surface area contributed by atoms with Crippen molar-refractivity contribution in [3.05, 3.63) is 40.2 Å². The van der Waals surface area contributed by atoms with Crippen LogP contribution in [0.4, 0.5) is 0 Å². The van der Waals surface area contributed by atoms with Crippen LogP contribution in [-0.2, 0) is 0 Å². The fourth-order valence-electron chi connectivity index (χ4n) is 1.53. The number of benzene rings is 1. The van der Waals surface area contributed by atoms with E-state index in [9.17, 15) is 4.79 Å². The molecule has 0 saturated carbocycles. The highest BCUT2D eigenvalue weighted by molar-refractivity contribution is 6.31. The van der Waals surface area contributed by atoms with Crippen molar-refractivity contribution in [3.8, 4) is 5.69 Å². The quantitative estimate of drug-likeness (QED) is 0.889. The summed E-state index contributed by atoms with van der Waals surface area (Å²) < 4.78 is 1.48. The van der Waals surface area contributed by atoms with Crippen LogP contribution in [0.5, 0.6) is 0 Å². The van der Waals surface area contributed by atoms with Gasteiger partial charge in [-0.25, -0.2) is 9.48 Å². The number of nitrogens with zero attached hydrogens (tertiary/aromatic N) is 3. The van der Waals surface area contributed by atoms with Crippen LogP contribution in [0.25, 0.3) is 5.69 Å². The number of aromatic nitrogens is 3. The van der Waals surface area contributed by atoms with Gasteiger partial charge in [0.2, 0.25) is 0 Å². The SMILES string of the molecule is Cc1cc(-n2nnc(C(=O)O)c2C)ccc1Cl. The zero-order chi connectivity index (χ0) is 12.6. The molecule has 0 saturated heterocycles. The molecule has 17 heavy (non-hydrogen) atoms. The lowest BCUT2D eigenvalue weighted by atomic mass is 10.2. The van der Waals surface area contributed by atoms with Gasteiger partial charge in [-0.3, -0.25) is 0 Å². The summed E-state index contributed by atoms with van der Waals surface area (Å²) >= 11 is 5.92. The minimum Gasteiger partial charge on any atom is -0.476 e. The van der Waals surface area contributed by atoms with E-state index in [0.717, 1.165) is 11.3 Å². The van der Waals surface area contributed by atoms with Gasteiger partial charge >= 0.3 is 5.97 Å². The van der Waals surface area contributed by atoms with E-state index in [-0.39, 0.29) is 5.69 Å². The van der Waals surface area contributed by atoms with E-state index in [1.54, 1.807) is 19.1 Å². The highest BCUT2D eigenvalue weighted by Gasteiger charge is 2.16.